The molecule has 3 aromatic rings. The molecule has 3 heterocycles. The Morgan fingerprint density at radius 2 is 1.63 bits per heavy atom. The normalized spacial score (nSPS) is 14.9. The number of hydrogen-bond acceptors (Lipinski definition) is 8. The first-order valence-corrected chi connectivity index (χ1v) is 12.5. The summed E-state index contributed by atoms with van der Waals surface area (Å²) < 4.78 is 40.3. The van der Waals surface area contributed by atoms with Crippen LogP contribution >= 0.6 is 0 Å². The number of piperidine rings is 1. The van der Waals surface area contributed by atoms with Crippen LogP contribution < -0.4 is 5.73 Å². The molecule has 0 atom stereocenters. The zero-order chi connectivity index (χ0) is 30.5. The number of halogens is 3. The molecule has 1 fully saturated rings. The van der Waals surface area contributed by atoms with Crippen molar-refractivity contribution >= 4 is 29.4 Å². The smallest absolute Gasteiger partial charge is 0.416 e. The Hall–Kier alpha value is -4.24. The van der Waals surface area contributed by atoms with Gasteiger partial charge in [0.15, 0.2) is 11.2 Å². The topological polar surface area (TPSA) is 192 Å². The fourth-order valence-corrected chi connectivity index (χ4v) is 4.55. The molecule has 1 aromatic carbocycles. The molecule has 0 saturated carbocycles. The van der Waals surface area contributed by atoms with Gasteiger partial charge in [-0.05, 0) is 44.5 Å². The second-order valence-corrected chi connectivity index (χ2v) is 9.89. The molecule has 15 heteroatoms. The van der Waals surface area contributed by atoms with Crippen LogP contribution in [-0.4, -0.2) is 76.5 Å². The van der Waals surface area contributed by atoms with Gasteiger partial charge in [0.1, 0.15) is 5.82 Å². The number of anilines is 1. The first kappa shape index (κ1) is 31.3. The van der Waals surface area contributed by atoms with Crippen LogP contribution in [-0.2, 0) is 27.1 Å². The van der Waals surface area contributed by atoms with Gasteiger partial charge in [0.25, 0.3) is 0 Å². The zero-order valence-electron chi connectivity index (χ0n) is 22.0. The molecule has 222 valence electrons. The molecule has 0 aliphatic carbocycles. The van der Waals surface area contributed by atoms with Crippen molar-refractivity contribution in [3.63, 3.8) is 0 Å². The molecule has 0 amide bonds. The minimum absolute atomic E-state index is 0.292. The van der Waals surface area contributed by atoms with Crippen molar-refractivity contribution in [1.29, 1.82) is 0 Å². The molecule has 2 aromatic heterocycles. The Kier molecular flexibility index (Phi) is 9.55. The number of rotatable bonds is 8. The van der Waals surface area contributed by atoms with Crippen LogP contribution in [0.2, 0.25) is 0 Å². The largest absolute Gasteiger partial charge is 0.481 e. The van der Waals surface area contributed by atoms with E-state index in [1.807, 2.05) is 19.1 Å². The predicted octanol–water partition coefficient (Wildman–Crippen LogP) is 2.77. The van der Waals surface area contributed by atoms with E-state index in [1.165, 1.54) is 12.1 Å². The van der Waals surface area contributed by atoms with Gasteiger partial charge in [-0.1, -0.05) is 18.2 Å². The van der Waals surface area contributed by atoms with Gasteiger partial charge in [-0.2, -0.15) is 22.8 Å². The highest BCUT2D eigenvalue weighted by molar-refractivity contribution is 5.88. The molecule has 6 N–H and O–H groups in total. The zero-order valence-corrected chi connectivity index (χ0v) is 22.0. The summed E-state index contributed by atoms with van der Waals surface area (Å²) in [6, 6.07) is 9.36. The summed E-state index contributed by atoms with van der Waals surface area (Å²) in [7, 11) is 0. The number of carboxylic acid groups (broad SMARTS) is 3. The lowest BCUT2D eigenvalue weighted by molar-refractivity contribution is -0.170. The summed E-state index contributed by atoms with van der Waals surface area (Å²) in [5, 5.41) is 38.1. The molecule has 0 spiro atoms. The minimum Gasteiger partial charge on any atom is -0.481 e. The summed E-state index contributed by atoms with van der Waals surface area (Å²) in [5.41, 5.74) is 6.05. The minimum atomic E-state index is -4.31. The standard InChI is InChI=1S/C20H22F3N5.C6H8O7/c1-13-9-19-25-17(11-18(24)28(19)26-13)15-5-7-27(8-6-15)12-14-3-2-4-16(10-14)20(21,22)23;7-3(8)1-6(13,5(11)12)2-4(9)10/h2-4,9-11,15H,5-8,12,24H2,1H3;13H,1-2H2,(H,7,8)(H,9,10)(H,11,12). The maximum Gasteiger partial charge on any atom is 0.416 e. The number of nitrogens with two attached hydrogens (primary N) is 1. The Morgan fingerprint density at radius 3 is 2.17 bits per heavy atom. The van der Waals surface area contributed by atoms with Crippen molar-refractivity contribution < 1.29 is 48.0 Å². The van der Waals surface area contributed by atoms with E-state index in [-0.39, 0.29) is 0 Å². The van der Waals surface area contributed by atoms with Gasteiger partial charge in [0, 0.05) is 30.3 Å². The Labute approximate surface area is 231 Å². The molecule has 4 rings (SSSR count). The molecule has 12 nitrogen and oxygen atoms in total. The van der Waals surface area contributed by atoms with E-state index in [4.69, 9.17) is 31.1 Å². The van der Waals surface area contributed by atoms with Gasteiger partial charge in [0.2, 0.25) is 0 Å². The number of aliphatic carboxylic acids is 3. The van der Waals surface area contributed by atoms with Gasteiger partial charge < -0.3 is 26.2 Å². The Balaban J connectivity index is 0.000000302. The van der Waals surface area contributed by atoms with E-state index in [2.05, 4.69) is 10.00 Å². The number of hydrogen-bond donors (Lipinski definition) is 5. The second-order valence-electron chi connectivity index (χ2n) is 9.89. The fraction of sp³-hybridized carbons (Fsp3) is 0.423. The van der Waals surface area contributed by atoms with Gasteiger partial charge >= 0.3 is 24.1 Å². The summed E-state index contributed by atoms with van der Waals surface area (Å²) >= 11 is 0. The Morgan fingerprint density at radius 1 is 1.02 bits per heavy atom. The number of likely N-dealkylation sites (tertiary alicyclic amines) is 1. The highest BCUT2D eigenvalue weighted by atomic mass is 19.4. The summed E-state index contributed by atoms with van der Waals surface area (Å²) in [4.78, 5) is 37.4. The third-order valence-electron chi connectivity index (χ3n) is 6.55. The van der Waals surface area contributed by atoms with E-state index < -0.39 is 48.1 Å². The third-order valence-corrected chi connectivity index (χ3v) is 6.55. The molecule has 0 radical (unpaired) electrons. The van der Waals surface area contributed by atoms with Crippen molar-refractivity contribution in [2.75, 3.05) is 18.8 Å². The number of nitrogen functional groups attached to an aromatic ring is 1. The van der Waals surface area contributed by atoms with E-state index in [9.17, 15) is 27.6 Å². The van der Waals surface area contributed by atoms with Crippen LogP contribution in [0.4, 0.5) is 19.0 Å². The van der Waals surface area contributed by atoms with Crippen LogP contribution in [0, 0.1) is 6.92 Å². The fourth-order valence-electron chi connectivity index (χ4n) is 4.55. The average Bonchev–Trinajstić information content (AvgIpc) is 3.24. The average molecular weight is 582 g/mol. The lowest BCUT2D eigenvalue weighted by Gasteiger charge is -2.32. The third kappa shape index (κ3) is 8.38. The van der Waals surface area contributed by atoms with Gasteiger partial charge in [0.05, 0.1) is 24.1 Å². The Bertz CT molecular complexity index is 1400. The lowest BCUT2D eigenvalue weighted by Crippen LogP contribution is -2.42. The SMILES string of the molecule is Cc1cc2nc(C3CCN(Cc4cccc(C(F)(F)F)c4)CC3)cc(N)n2n1.O=C(O)CC(O)(CC(=O)O)C(=O)O. The first-order valence-electron chi connectivity index (χ1n) is 12.5. The number of carboxylic acids is 3. The van der Waals surface area contributed by atoms with Crippen molar-refractivity contribution in [3.05, 3.63) is 58.9 Å². The second kappa shape index (κ2) is 12.5. The van der Waals surface area contributed by atoms with Gasteiger partial charge in [-0.25, -0.2) is 9.78 Å². The molecule has 1 aliphatic rings. The number of carbonyl (C=O) groups is 3. The lowest BCUT2D eigenvalue weighted by atomic mass is 9.93. The molecular weight excluding hydrogens is 551 g/mol. The van der Waals surface area contributed by atoms with Crippen LogP contribution in [0.15, 0.2) is 36.4 Å². The number of alkyl halides is 3. The summed E-state index contributed by atoms with van der Waals surface area (Å²) in [5.74, 6) is -4.16. The number of aryl methyl sites for hydroxylation is 1. The number of aliphatic hydroxyl groups is 1. The van der Waals surface area contributed by atoms with E-state index in [0.717, 1.165) is 49.0 Å². The van der Waals surface area contributed by atoms with Crippen LogP contribution in [0.3, 0.4) is 0 Å². The molecule has 0 unspecified atom stereocenters. The van der Waals surface area contributed by atoms with Crippen LogP contribution in [0.1, 0.15) is 54.1 Å². The molecule has 0 bridgehead atoms. The van der Waals surface area contributed by atoms with Crippen LogP contribution in [0.25, 0.3) is 5.65 Å². The van der Waals surface area contributed by atoms with Crippen molar-refractivity contribution in [2.24, 2.45) is 0 Å². The van der Waals surface area contributed by atoms with Gasteiger partial charge in [-0.15, -0.1) is 0 Å². The van der Waals surface area contributed by atoms with E-state index in [1.54, 1.807) is 10.6 Å². The van der Waals surface area contributed by atoms with Crippen molar-refractivity contribution in [1.82, 2.24) is 19.5 Å². The maximum atomic E-state index is 12.9. The number of aromatic nitrogens is 3. The highest BCUT2D eigenvalue weighted by Gasteiger charge is 2.40. The van der Waals surface area contributed by atoms with Crippen LogP contribution in [0.5, 0.6) is 0 Å². The number of fused-ring (bicyclic) bond motifs is 1. The molecule has 1 aliphatic heterocycles. The van der Waals surface area contributed by atoms with E-state index in [0.29, 0.717) is 23.8 Å². The molecule has 41 heavy (non-hydrogen) atoms. The van der Waals surface area contributed by atoms with E-state index >= 15 is 0 Å². The molecule has 1 saturated heterocycles. The highest BCUT2D eigenvalue weighted by Crippen LogP contribution is 2.31. The van der Waals surface area contributed by atoms with Crippen molar-refractivity contribution in [2.45, 2.75) is 56.8 Å². The summed E-state index contributed by atoms with van der Waals surface area (Å²) in [6.07, 6.45) is -4.80. The summed E-state index contributed by atoms with van der Waals surface area (Å²) in [6.45, 7) is 4.05. The quantitative estimate of drug-likeness (QED) is 0.263. The number of nitrogens with zero attached hydrogens (tertiary/aromatic N) is 4. The van der Waals surface area contributed by atoms with Gasteiger partial charge in [-0.3, -0.25) is 14.5 Å². The predicted molar refractivity (Wildman–Crippen MR) is 138 cm³/mol. The molecular formula is C26H30F3N5O7. The van der Waals surface area contributed by atoms with Crippen molar-refractivity contribution in [3.8, 4) is 0 Å². The maximum absolute atomic E-state index is 12.9. The monoisotopic (exact) mass is 581 g/mol. The first-order chi connectivity index (χ1) is 19.1. The number of benzene rings is 1.